The number of carbonyl (C=O) groups excluding carboxylic acids is 2. The number of amides is 2. The predicted octanol–water partition coefficient (Wildman–Crippen LogP) is 3.85. The summed E-state index contributed by atoms with van der Waals surface area (Å²) in [6.07, 6.45) is 1.82. The van der Waals surface area contributed by atoms with E-state index < -0.39 is 29.7 Å². The lowest BCUT2D eigenvalue weighted by atomic mass is 9.93. The van der Waals surface area contributed by atoms with E-state index in [0.717, 1.165) is 37.4 Å². The van der Waals surface area contributed by atoms with Gasteiger partial charge in [-0.3, -0.25) is 9.59 Å². The van der Waals surface area contributed by atoms with Gasteiger partial charge in [-0.25, -0.2) is 8.78 Å². The lowest BCUT2D eigenvalue weighted by Gasteiger charge is -2.30. The van der Waals surface area contributed by atoms with Gasteiger partial charge in [0.15, 0.2) is 0 Å². The smallest absolute Gasteiger partial charge is 0.253 e. The minimum Gasteiger partial charge on any atom is -0.389 e. The molecule has 2 amide bonds. The van der Waals surface area contributed by atoms with Crippen molar-refractivity contribution in [3.63, 3.8) is 0 Å². The highest BCUT2D eigenvalue weighted by Crippen LogP contribution is 2.46. The lowest BCUT2D eigenvalue weighted by Crippen LogP contribution is -2.53. The van der Waals surface area contributed by atoms with Crippen LogP contribution in [0.3, 0.4) is 0 Å². The van der Waals surface area contributed by atoms with E-state index in [9.17, 15) is 23.5 Å². The van der Waals surface area contributed by atoms with Crippen molar-refractivity contribution in [2.75, 3.05) is 19.6 Å². The van der Waals surface area contributed by atoms with Crippen molar-refractivity contribution >= 4 is 11.8 Å². The Morgan fingerprint density at radius 2 is 1.70 bits per heavy atom. The standard InChI is InChI=1S/C29H37F2N3O3/c1-4-6-34(7-5-2)29(37)20-9-17(3)8-19(13-20)28(36)33-25(12-18-10-22(30)15-23(31)11-18)27(35)26-24-14-21(24)16-32-26/h8-11,13,15,21,24-27,32,35H,4-7,12,14,16H2,1-3H3,(H,33,36)/t21-,24-,25+,26-,27+/m1/s1. The van der Waals surface area contributed by atoms with E-state index in [1.807, 2.05) is 20.8 Å². The predicted molar refractivity (Wildman–Crippen MR) is 138 cm³/mol. The molecular formula is C29H37F2N3O3. The van der Waals surface area contributed by atoms with E-state index >= 15 is 0 Å². The number of aliphatic hydroxyl groups is 1. The van der Waals surface area contributed by atoms with Gasteiger partial charge in [-0.05, 0) is 92.4 Å². The first-order valence-electron chi connectivity index (χ1n) is 13.3. The van der Waals surface area contributed by atoms with E-state index in [4.69, 9.17) is 0 Å². The first-order valence-corrected chi connectivity index (χ1v) is 13.3. The second-order valence-electron chi connectivity index (χ2n) is 10.5. The zero-order valence-corrected chi connectivity index (χ0v) is 21.8. The largest absolute Gasteiger partial charge is 0.389 e. The summed E-state index contributed by atoms with van der Waals surface area (Å²) in [5.74, 6) is -1.11. The minimum absolute atomic E-state index is 0.0650. The summed E-state index contributed by atoms with van der Waals surface area (Å²) in [5, 5.41) is 17.5. The summed E-state index contributed by atoms with van der Waals surface area (Å²) >= 11 is 0. The van der Waals surface area contributed by atoms with E-state index in [-0.39, 0.29) is 18.4 Å². The van der Waals surface area contributed by atoms with Crippen molar-refractivity contribution in [1.82, 2.24) is 15.5 Å². The number of aliphatic hydroxyl groups excluding tert-OH is 1. The number of benzene rings is 2. The average molecular weight is 514 g/mol. The molecule has 0 radical (unpaired) electrons. The number of hydrogen-bond acceptors (Lipinski definition) is 4. The van der Waals surface area contributed by atoms with E-state index in [1.165, 1.54) is 12.1 Å². The van der Waals surface area contributed by atoms with Gasteiger partial charge < -0.3 is 20.6 Å². The molecule has 1 aliphatic carbocycles. The van der Waals surface area contributed by atoms with Gasteiger partial charge in [-0.2, -0.15) is 0 Å². The maximum Gasteiger partial charge on any atom is 0.253 e. The van der Waals surface area contributed by atoms with E-state index in [2.05, 4.69) is 10.6 Å². The van der Waals surface area contributed by atoms with E-state index in [1.54, 1.807) is 23.1 Å². The summed E-state index contributed by atoms with van der Waals surface area (Å²) in [5.41, 5.74) is 1.87. The maximum atomic E-state index is 13.9. The number of rotatable bonds is 11. The van der Waals surface area contributed by atoms with Crippen molar-refractivity contribution in [2.24, 2.45) is 11.8 Å². The highest BCUT2D eigenvalue weighted by Gasteiger charge is 2.51. The molecule has 200 valence electrons. The molecule has 2 aliphatic rings. The molecule has 1 aliphatic heterocycles. The zero-order chi connectivity index (χ0) is 26.7. The van der Waals surface area contributed by atoms with Gasteiger partial charge in [0.2, 0.25) is 0 Å². The van der Waals surface area contributed by atoms with Crippen LogP contribution < -0.4 is 10.6 Å². The molecule has 0 unspecified atom stereocenters. The summed E-state index contributed by atoms with van der Waals surface area (Å²) in [6.45, 7) is 7.95. The van der Waals surface area contributed by atoms with Crippen molar-refractivity contribution in [3.8, 4) is 0 Å². The molecule has 8 heteroatoms. The molecule has 0 bridgehead atoms. The topological polar surface area (TPSA) is 81.7 Å². The number of nitrogens with zero attached hydrogens (tertiary/aromatic N) is 1. The van der Waals surface area contributed by atoms with Crippen molar-refractivity contribution < 1.29 is 23.5 Å². The molecule has 6 nitrogen and oxygen atoms in total. The molecule has 5 atom stereocenters. The fourth-order valence-electron chi connectivity index (χ4n) is 5.58. The van der Waals surface area contributed by atoms with Crippen LogP contribution in [0, 0.1) is 30.4 Å². The van der Waals surface area contributed by atoms with Crippen molar-refractivity contribution in [3.05, 3.63) is 70.3 Å². The first kappa shape index (κ1) is 27.2. The second-order valence-corrected chi connectivity index (χ2v) is 10.5. The number of carbonyl (C=O) groups is 2. The van der Waals surface area contributed by atoms with Crippen LogP contribution >= 0.6 is 0 Å². The van der Waals surface area contributed by atoms with Crippen LogP contribution in [0.4, 0.5) is 8.78 Å². The maximum absolute atomic E-state index is 13.9. The third-order valence-electron chi connectivity index (χ3n) is 7.39. The highest BCUT2D eigenvalue weighted by molar-refractivity contribution is 6.00. The van der Waals surface area contributed by atoms with Crippen LogP contribution in [0.1, 0.15) is 65.0 Å². The van der Waals surface area contributed by atoms with Crippen LogP contribution in [-0.4, -0.2) is 59.6 Å². The Morgan fingerprint density at radius 3 is 2.27 bits per heavy atom. The van der Waals surface area contributed by atoms with Crippen LogP contribution in [0.5, 0.6) is 0 Å². The van der Waals surface area contributed by atoms with Gasteiger partial charge >= 0.3 is 0 Å². The molecule has 37 heavy (non-hydrogen) atoms. The molecule has 2 aromatic carbocycles. The fraction of sp³-hybridized carbons (Fsp3) is 0.517. The third-order valence-corrected chi connectivity index (χ3v) is 7.39. The van der Waals surface area contributed by atoms with Gasteiger partial charge in [0, 0.05) is 36.3 Å². The molecule has 3 N–H and O–H groups in total. The molecule has 2 aromatic rings. The van der Waals surface area contributed by atoms with Crippen LogP contribution in [0.15, 0.2) is 36.4 Å². The Morgan fingerprint density at radius 1 is 1.05 bits per heavy atom. The normalized spacial score (nSPS) is 21.7. The van der Waals surface area contributed by atoms with Crippen molar-refractivity contribution in [1.29, 1.82) is 0 Å². The zero-order valence-electron chi connectivity index (χ0n) is 21.8. The minimum atomic E-state index is -0.941. The Hall–Kier alpha value is -2.84. The molecule has 1 saturated carbocycles. The van der Waals surface area contributed by atoms with Crippen molar-refractivity contribution in [2.45, 2.75) is 64.6 Å². The SMILES string of the molecule is CCCN(CCC)C(=O)c1cc(C)cc(C(=O)N[C@@H](Cc2cc(F)cc(F)c2)[C@H](O)[C@@H]2NC[C@H]3C[C@H]32)c1. The first-order chi connectivity index (χ1) is 17.7. The summed E-state index contributed by atoms with van der Waals surface area (Å²) in [7, 11) is 0. The molecule has 1 saturated heterocycles. The number of halogens is 2. The average Bonchev–Trinajstić information content (AvgIpc) is 3.50. The van der Waals surface area contributed by atoms with Crippen LogP contribution in [0.25, 0.3) is 0 Å². The van der Waals surface area contributed by atoms with Gasteiger partial charge in [-0.1, -0.05) is 13.8 Å². The summed E-state index contributed by atoms with van der Waals surface area (Å²) < 4.78 is 27.8. The quantitative estimate of drug-likeness (QED) is 0.427. The monoisotopic (exact) mass is 513 g/mol. The molecule has 4 rings (SSSR count). The second kappa shape index (κ2) is 11.7. The summed E-state index contributed by atoms with van der Waals surface area (Å²) in [6, 6.07) is 7.32. The Labute approximate surface area is 217 Å². The Bertz CT molecular complexity index is 1120. The van der Waals surface area contributed by atoms with Gasteiger partial charge in [0.1, 0.15) is 11.6 Å². The lowest BCUT2D eigenvalue weighted by molar-refractivity contribution is 0.0700. The summed E-state index contributed by atoms with van der Waals surface area (Å²) in [4.78, 5) is 28.4. The molecule has 1 heterocycles. The van der Waals surface area contributed by atoms with Crippen LogP contribution in [0.2, 0.25) is 0 Å². The Balaban J connectivity index is 1.57. The molecule has 0 aromatic heterocycles. The number of nitrogens with one attached hydrogen (secondary N) is 2. The number of aryl methyl sites for hydroxylation is 1. The van der Waals surface area contributed by atoms with E-state index in [0.29, 0.717) is 41.6 Å². The third kappa shape index (κ3) is 6.54. The highest BCUT2D eigenvalue weighted by atomic mass is 19.1. The number of piperidine rings is 1. The van der Waals surface area contributed by atoms with Crippen LogP contribution in [-0.2, 0) is 6.42 Å². The molecule has 2 fully saturated rings. The fourth-order valence-corrected chi connectivity index (χ4v) is 5.58. The van der Waals surface area contributed by atoms with Gasteiger partial charge in [-0.15, -0.1) is 0 Å². The van der Waals surface area contributed by atoms with Gasteiger partial charge in [0.05, 0.1) is 12.1 Å². The Kier molecular flexibility index (Phi) is 8.60. The van der Waals surface area contributed by atoms with Gasteiger partial charge in [0.25, 0.3) is 11.8 Å². The number of fused-ring (bicyclic) bond motifs is 1. The number of hydrogen-bond donors (Lipinski definition) is 3. The molecule has 0 spiro atoms. The molecular weight excluding hydrogens is 476 g/mol.